The lowest BCUT2D eigenvalue weighted by molar-refractivity contribution is -0.121. The summed E-state index contributed by atoms with van der Waals surface area (Å²) < 4.78 is 10.5. The predicted octanol–water partition coefficient (Wildman–Crippen LogP) is 1.75. The number of ether oxygens (including phenoxy) is 2. The molecule has 1 amide bonds. The van der Waals surface area contributed by atoms with Gasteiger partial charge in [-0.15, -0.1) is 0 Å². The van der Waals surface area contributed by atoms with Crippen LogP contribution >= 0.6 is 0 Å². The van der Waals surface area contributed by atoms with Crippen molar-refractivity contribution in [2.24, 2.45) is 0 Å². The second-order valence-electron chi connectivity index (χ2n) is 4.78. The van der Waals surface area contributed by atoms with Gasteiger partial charge in [-0.2, -0.15) is 0 Å². The quantitative estimate of drug-likeness (QED) is 0.646. The summed E-state index contributed by atoms with van der Waals surface area (Å²) in [6.07, 6.45) is 2.18. The van der Waals surface area contributed by atoms with Gasteiger partial charge in [-0.1, -0.05) is 6.92 Å². The lowest BCUT2D eigenvalue weighted by Crippen LogP contribution is -2.32. The Morgan fingerprint density at radius 2 is 1.95 bits per heavy atom. The maximum Gasteiger partial charge on any atom is 0.220 e. The van der Waals surface area contributed by atoms with Gasteiger partial charge in [-0.25, -0.2) is 0 Å². The maximum absolute atomic E-state index is 11.8. The van der Waals surface area contributed by atoms with Crippen molar-refractivity contribution < 1.29 is 14.3 Å². The minimum Gasteiger partial charge on any atom is -0.497 e. The van der Waals surface area contributed by atoms with Gasteiger partial charge in [0.05, 0.1) is 14.2 Å². The van der Waals surface area contributed by atoms with Crippen LogP contribution in [0.4, 0.5) is 0 Å². The number of carbonyl (C=O) groups is 1. The summed E-state index contributed by atoms with van der Waals surface area (Å²) in [7, 11) is 3.26. The Bertz CT molecular complexity index is 436. The number of hydrogen-bond acceptors (Lipinski definition) is 4. The third kappa shape index (κ3) is 6.49. The van der Waals surface area contributed by atoms with Crippen LogP contribution in [0.25, 0.3) is 0 Å². The molecule has 0 aliphatic rings. The van der Waals surface area contributed by atoms with Crippen LogP contribution in [0.2, 0.25) is 0 Å². The molecule has 0 spiro atoms. The van der Waals surface area contributed by atoms with Crippen LogP contribution in [-0.2, 0) is 11.2 Å². The van der Waals surface area contributed by atoms with Crippen LogP contribution in [0.1, 0.15) is 25.3 Å². The van der Waals surface area contributed by atoms with Crippen molar-refractivity contribution in [3.8, 4) is 11.5 Å². The van der Waals surface area contributed by atoms with Crippen LogP contribution in [0.3, 0.4) is 0 Å². The van der Waals surface area contributed by atoms with Gasteiger partial charge < -0.3 is 20.1 Å². The normalized spacial score (nSPS) is 10.2. The second kappa shape index (κ2) is 10.0. The Hall–Kier alpha value is -1.75. The van der Waals surface area contributed by atoms with E-state index in [1.54, 1.807) is 14.2 Å². The van der Waals surface area contributed by atoms with Crippen molar-refractivity contribution in [2.45, 2.75) is 26.2 Å². The standard InChI is InChI=1S/C16H26N2O3/c1-4-9-17-10-11-18-16(19)8-5-13-12-14(20-2)6-7-15(13)21-3/h6-7,12,17H,4-5,8-11H2,1-3H3,(H,18,19). The highest BCUT2D eigenvalue weighted by atomic mass is 16.5. The highest BCUT2D eigenvalue weighted by molar-refractivity contribution is 5.76. The van der Waals surface area contributed by atoms with Gasteiger partial charge >= 0.3 is 0 Å². The maximum atomic E-state index is 11.8. The Morgan fingerprint density at radius 3 is 2.62 bits per heavy atom. The van der Waals surface area contributed by atoms with E-state index >= 15 is 0 Å². The molecule has 118 valence electrons. The molecule has 0 fully saturated rings. The summed E-state index contributed by atoms with van der Waals surface area (Å²) >= 11 is 0. The third-order valence-electron chi connectivity index (χ3n) is 3.16. The van der Waals surface area contributed by atoms with Crippen molar-refractivity contribution in [2.75, 3.05) is 33.9 Å². The van der Waals surface area contributed by atoms with Crippen molar-refractivity contribution in [1.29, 1.82) is 0 Å². The number of aryl methyl sites for hydroxylation is 1. The number of nitrogens with one attached hydrogen (secondary N) is 2. The van der Waals surface area contributed by atoms with Gasteiger partial charge in [-0.05, 0) is 43.1 Å². The Kier molecular flexibility index (Phi) is 8.28. The van der Waals surface area contributed by atoms with Gasteiger partial charge in [0.15, 0.2) is 0 Å². The summed E-state index contributed by atoms with van der Waals surface area (Å²) in [5.74, 6) is 1.61. The first kappa shape index (κ1) is 17.3. The number of amides is 1. The fraction of sp³-hybridized carbons (Fsp3) is 0.562. The zero-order valence-electron chi connectivity index (χ0n) is 13.2. The molecule has 5 nitrogen and oxygen atoms in total. The zero-order valence-corrected chi connectivity index (χ0v) is 13.2. The molecular formula is C16H26N2O3. The molecule has 0 aliphatic carbocycles. The molecular weight excluding hydrogens is 268 g/mol. The highest BCUT2D eigenvalue weighted by Gasteiger charge is 2.08. The van der Waals surface area contributed by atoms with Gasteiger partial charge in [-0.3, -0.25) is 4.79 Å². The minimum absolute atomic E-state index is 0.0539. The number of carbonyl (C=O) groups excluding carboxylic acids is 1. The van der Waals surface area contributed by atoms with Crippen LogP contribution in [0.15, 0.2) is 18.2 Å². The molecule has 0 saturated carbocycles. The average molecular weight is 294 g/mol. The van der Waals surface area contributed by atoms with Gasteiger partial charge in [0.1, 0.15) is 11.5 Å². The smallest absolute Gasteiger partial charge is 0.220 e. The van der Waals surface area contributed by atoms with Crippen LogP contribution in [0.5, 0.6) is 11.5 Å². The minimum atomic E-state index is 0.0539. The molecule has 0 atom stereocenters. The van der Waals surface area contributed by atoms with Crippen molar-refractivity contribution in [1.82, 2.24) is 10.6 Å². The molecule has 1 aromatic rings. The molecule has 0 saturated heterocycles. The zero-order chi connectivity index (χ0) is 15.5. The number of hydrogen-bond donors (Lipinski definition) is 2. The SMILES string of the molecule is CCCNCCNC(=O)CCc1cc(OC)ccc1OC. The first-order valence-corrected chi connectivity index (χ1v) is 7.39. The van der Waals surface area contributed by atoms with E-state index in [0.29, 0.717) is 19.4 Å². The van der Waals surface area contributed by atoms with E-state index in [1.165, 1.54) is 0 Å². The van der Waals surface area contributed by atoms with E-state index in [2.05, 4.69) is 17.6 Å². The van der Waals surface area contributed by atoms with E-state index < -0.39 is 0 Å². The Morgan fingerprint density at radius 1 is 1.14 bits per heavy atom. The van der Waals surface area contributed by atoms with Gasteiger partial charge in [0.25, 0.3) is 0 Å². The summed E-state index contributed by atoms with van der Waals surface area (Å²) in [6.45, 7) is 4.57. The third-order valence-corrected chi connectivity index (χ3v) is 3.16. The number of benzene rings is 1. The first-order valence-electron chi connectivity index (χ1n) is 7.39. The average Bonchev–Trinajstić information content (AvgIpc) is 2.52. The van der Waals surface area contributed by atoms with E-state index in [-0.39, 0.29) is 5.91 Å². The predicted molar refractivity (Wildman–Crippen MR) is 84.0 cm³/mol. The van der Waals surface area contributed by atoms with Crippen molar-refractivity contribution in [3.05, 3.63) is 23.8 Å². The molecule has 0 aliphatic heterocycles. The summed E-state index contributed by atoms with van der Waals surface area (Å²) in [4.78, 5) is 11.8. The molecule has 1 rings (SSSR count). The molecule has 21 heavy (non-hydrogen) atoms. The molecule has 0 radical (unpaired) electrons. The number of methoxy groups -OCH3 is 2. The summed E-state index contributed by atoms with van der Waals surface area (Å²) in [5, 5.41) is 6.15. The summed E-state index contributed by atoms with van der Waals surface area (Å²) in [6, 6.07) is 5.62. The van der Waals surface area contributed by atoms with E-state index in [0.717, 1.165) is 36.6 Å². The van der Waals surface area contributed by atoms with Crippen LogP contribution in [0, 0.1) is 0 Å². The van der Waals surface area contributed by atoms with E-state index in [1.807, 2.05) is 18.2 Å². The lowest BCUT2D eigenvalue weighted by Gasteiger charge is -2.11. The van der Waals surface area contributed by atoms with Crippen LogP contribution in [-0.4, -0.2) is 39.8 Å². The fourth-order valence-corrected chi connectivity index (χ4v) is 2.01. The molecule has 5 heteroatoms. The molecule has 0 unspecified atom stereocenters. The largest absolute Gasteiger partial charge is 0.497 e. The molecule has 0 heterocycles. The fourth-order valence-electron chi connectivity index (χ4n) is 2.01. The molecule has 2 N–H and O–H groups in total. The highest BCUT2D eigenvalue weighted by Crippen LogP contribution is 2.24. The van der Waals surface area contributed by atoms with E-state index in [9.17, 15) is 4.79 Å². The van der Waals surface area contributed by atoms with Crippen molar-refractivity contribution in [3.63, 3.8) is 0 Å². The van der Waals surface area contributed by atoms with Crippen LogP contribution < -0.4 is 20.1 Å². The molecule has 0 aromatic heterocycles. The van der Waals surface area contributed by atoms with Gasteiger partial charge in [0.2, 0.25) is 5.91 Å². The van der Waals surface area contributed by atoms with Gasteiger partial charge in [0, 0.05) is 19.5 Å². The Labute approximate surface area is 127 Å². The topological polar surface area (TPSA) is 59.6 Å². The lowest BCUT2D eigenvalue weighted by atomic mass is 10.1. The monoisotopic (exact) mass is 294 g/mol. The molecule has 1 aromatic carbocycles. The van der Waals surface area contributed by atoms with E-state index in [4.69, 9.17) is 9.47 Å². The molecule has 0 bridgehead atoms. The second-order valence-corrected chi connectivity index (χ2v) is 4.78. The summed E-state index contributed by atoms with van der Waals surface area (Å²) in [5.41, 5.74) is 0.983. The van der Waals surface area contributed by atoms with Crippen molar-refractivity contribution >= 4 is 5.91 Å². The Balaban J connectivity index is 2.38. The number of rotatable bonds is 10. The first-order chi connectivity index (χ1) is 10.2.